The van der Waals surface area contributed by atoms with Crippen LogP contribution in [0, 0.1) is 0 Å². The topological polar surface area (TPSA) is 69.6 Å². The number of carboxylic acids is 1. The number of nitrogens with zero attached hydrogens (tertiary/aromatic N) is 1. The van der Waals surface area contributed by atoms with E-state index in [1.165, 1.54) is 23.1 Å². The lowest BCUT2D eigenvalue weighted by Gasteiger charge is -2.37. The third-order valence-electron chi connectivity index (χ3n) is 4.11. The Labute approximate surface area is 118 Å². The van der Waals surface area contributed by atoms with E-state index in [1.807, 2.05) is 6.92 Å². The van der Waals surface area contributed by atoms with Gasteiger partial charge in [-0.25, -0.2) is 9.59 Å². The van der Waals surface area contributed by atoms with Crippen molar-refractivity contribution in [2.24, 2.45) is 0 Å². The number of hydrogen-bond acceptors (Lipinski definition) is 3. The first-order chi connectivity index (χ1) is 8.93. The lowest BCUT2D eigenvalue weighted by atomic mass is 9.83. The van der Waals surface area contributed by atoms with Crippen LogP contribution in [0.1, 0.15) is 46.0 Å². The first kappa shape index (κ1) is 14.5. The summed E-state index contributed by atoms with van der Waals surface area (Å²) in [6.45, 7) is 3.95. The molecule has 2 unspecified atom stereocenters. The summed E-state index contributed by atoms with van der Waals surface area (Å²) in [6, 6.07) is -0.929. The average Bonchev–Trinajstić information content (AvgIpc) is 2.71. The minimum Gasteiger partial charge on any atom is -0.480 e. The molecule has 1 saturated carbocycles. The first-order valence-corrected chi connectivity index (χ1v) is 7.93. The second-order valence-electron chi connectivity index (χ2n) is 5.75. The zero-order valence-electron chi connectivity index (χ0n) is 11.5. The van der Waals surface area contributed by atoms with Crippen molar-refractivity contribution in [2.45, 2.75) is 62.9 Å². The van der Waals surface area contributed by atoms with Crippen LogP contribution in [0.3, 0.4) is 0 Å². The van der Waals surface area contributed by atoms with Gasteiger partial charge in [-0.1, -0.05) is 19.3 Å². The predicted octanol–water partition coefficient (Wildman–Crippen LogP) is 2.27. The van der Waals surface area contributed by atoms with Crippen molar-refractivity contribution in [3.8, 4) is 0 Å². The number of amides is 2. The maximum Gasteiger partial charge on any atom is 0.327 e. The maximum absolute atomic E-state index is 12.4. The fourth-order valence-electron chi connectivity index (χ4n) is 2.92. The van der Waals surface area contributed by atoms with Crippen LogP contribution in [-0.4, -0.2) is 44.7 Å². The normalized spacial score (nSPS) is 30.1. The molecule has 2 fully saturated rings. The molecule has 2 aliphatic rings. The van der Waals surface area contributed by atoms with Crippen LogP contribution in [0.25, 0.3) is 0 Å². The van der Waals surface area contributed by atoms with Crippen LogP contribution in [0.4, 0.5) is 4.79 Å². The van der Waals surface area contributed by atoms with Crippen LogP contribution in [0.2, 0.25) is 0 Å². The van der Waals surface area contributed by atoms with Crippen molar-refractivity contribution >= 4 is 23.8 Å². The Bertz CT molecular complexity index is 369. The largest absolute Gasteiger partial charge is 0.480 e. The Balaban J connectivity index is 2.03. The quantitative estimate of drug-likeness (QED) is 0.817. The number of rotatable bonds is 2. The van der Waals surface area contributed by atoms with E-state index < -0.39 is 12.0 Å². The molecule has 6 heteroatoms. The molecule has 1 heterocycles. The molecule has 5 nitrogen and oxygen atoms in total. The van der Waals surface area contributed by atoms with E-state index in [4.69, 9.17) is 0 Å². The summed E-state index contributed by atoms with van der Waals surface area (Å²) in [4.78, 5) is 25.1. The number of carbonyl (C=O) groups is 2. The zero-order valence-corrected chi connectivity index (χ0v) is 12.3. The van der Waals surface area contributed by atoms with Gasteiger partial charge in [0.1, 0.15) is 6.04 Å². The number of nitrogens with one attached hydrogen (secondary N) is 1. The molecule has 2 atom stereocenters. The molecule has 0 bridgehead atoms. The second-order valence-corrected chi connectivity index (χ2v) is 7.09. The van der Waals surface area contributed by atoms with Gasteiger partial charge in [-0.05, 0) is 26.7 Å². The van der Waals surface area contributed by atoms with Gasteiger partial charge in [0.05, 0.1) is 5.37 Å². The number of carboxylic acid groups (broad SMARTS) is 1. The molecule has 0 spiro atoms. The molecule has 19 heavy (non-hydrogen) atoms. The molecular formula is C13H22N2O3S. The fourth-order valence-corrected chi connectivity index (χ4v) is 4.09. The predicted molar refractivity (Wildman–Crippen MR) is 75.2 cm³/mol. The van der Waals surface area contributed by atoms with Gasteiger partial charge in [0, 0.05) is 11.3 Å². The monoisotopic (exact) mass is 286 g/mol. The number of urea groups is 1. The molecule has 1 saturated heterocycles. The summed E-state index contributed by atoms with van der Waals surface area (Å²) in [5.74, 6) is -0.443. The SMILES string of the molecule is CC1SCC(C(=O)O)N1C(=O)NC1(C)CCCCC1. The van der Waals surface area contributed by atoms with Gasteiger partial charge in [0.25, 0.3) is 0 Å². The highest BCUT2D eigenvalue weighted by Gasteiger charge is 2.41. The van der Waals surface area contributed by atoms with Crippen molar-refractivity contribution in [3.63, 3.8) is 0 Å². The summed E-state index contributed by atoms with van der Waals surface area (Å²) < 4.78 is 0. The van der Waals surface area contributed by atoms with Crippen LogP contribution in [-0.2, 0) is 4.79 Å². The number of hydrogen-bond donors (Lipinski definition) is 2. The second kappa shape index (κ2) is 5.61. The van der Waals surface area contributed by atoms with E-state index in [9.17, 15) is 14.7 Å². The van der Waals surface area contributed by atoms with Crippen molar-refractivity contribution in [2.75, 3.05) is 5.75 Å². The zero-order chi connectivity index (χ0) is 14.0. The summed E-state index contributed by atoms with van der Waals surface area (Å²) in [5, 5.41) is 12.2. The number of carbonyl (C=O) groups excluding carboxylic acids is 1. The highest BCUT2D eigenvalue weighted by atomic mass is 32.2. The molecule has 2 N–H and O–H groups in total. The standard InChI is InChI=1S/C13H22N2O3S/c1-9-15(10(8-19-9)11(16)17)12(18)14-13(2)6-4-3-5-7-13/h9-10H,3-8H2,1-2H3,(H,14,18)(H,16,17). The summed E-state index contributed by atoms with van der Waals surface area (Å²) in [7, 11) is 0. The van der Waals surface area contributed by atoms with Gasteiger partial charge < -0.3 is 10.4 Å². The average molecular weight is 286 g/mol. The molecular weight excluding hydrogens is 264 g/mol. The molecule has 0 aromatic carbocycles. The lowest BCUT2D eigenvalue weighted by Crippen LogP contribution is -2.56. The van der Waals surface area contributed by atoms with Crippen LogP contribution < -0.4 is 5.32 Å². The molecule has 2 rings (SSSR count). The fraction of sp³-hybridized carbons (Fsp3) is 0.846. The summed E-state index contributed by atoms with van der Waals surface area (Å²) >= 11 is 1.52. The summed E-state index contributed by atoms with van der Waals surface area (Å²) in [5.41, 5.74) is -0.175. The molecule has 1 aliphatic heterocycles. The molecule has 2 amide bonds. The van der Waals surface area contributed by atoms with Gasteiger partial charge >= 0.3 is 12.0 Å². The van der Waals surface area contributed by atoms with E-state index in [2.05, 4.69) is 12.2 Å². The molecule has 0 aromatic rings. The Hall–Kier alpha value is -0.910. The highest BCUT2D eigenvalue weighted by Crippen LogP contribution is 2.31. The van der Waals surface area contributed by atoms with Gasteiger partial charge in [-0.3, -0.25) is 4.90 Å². The minimum absolute atomic E-state index is 0.0757. The van der Waals surface area contributed by atoms with Crippen LogP contribution in [0.15, 0.2) is 0 Å². The molecule has 0 radical (unpaired) electrons. The highest BCUT2D eigenvalue weighted by molar-refractivity contribution is 8.00. The first-order valence-electron chi connectivity index (χ1n) is 6.88. The summed E-state index contributed by atoms with van der Waals surface area (Å²) in [6.07, 6.45) is 5.43. The van der Waals surface area contributed by atoms with E-state index in [-0.39, 0.29) is 16.9 Å². The van der Waals surface area contributed by atoms with E-state index in [0.717, 1.165) is 25.7 Å². The van der Waals surface area contributed by atoms with Gasteiger partial charge in [-0.15, -0.1) is 11.8 Å². The lowest BCUT2D eigenvalue weighted by molar-refractivity contribution is -0.141. The van der Waals surface area contributed by atoms with Crippen molar-refractivity contribution in [3.05, 3.63) is 0 Å². The molecule has 108 valence electrons. The van der Waals surface area contributed by atoms with Crippen LogP contribution >= 0.6 is 11.8 Å². The van der Waals surface area contributed by atoms with Crippen molar-refractivity contribution in [1.82, 2.24) is 10.2 Å². The Morgan fingerprint density at radius 1 is 1.32 bits per heavy atom. The Morgan fingerprint density at radius 3 is 2.53 bits per heavy atom. The number of thioether (sulfide) groups is 1. The third kappa shape index (κ3) is 3.16. The Morgan fingerprint density at radius 2 is 1.95 bits per heavy atom. The minimum atomic E-state index is -0.916. The molecule has 0 aromatic heterocycles. The number of aliphatic carboxylic acids is 1. The van der Waals surface area contributed by atoms with Crippen molar-refractivity contribution < 1.29 is 14.7 Å². The van der Waals surface area contributed by atoms with Gasteiger partial charge in [0.15, 0.2) is 0 Å². The molecule has 1 aliphatic carbocycles. The van der Waals surface area contributed by atoms with E-state index >= 15 is 0 Å². The van der Waals surface area contributed by atoms with Gasteiger partial charge in [0.2, 0.25) is 0 Å². The van der Waals surface area contributed by atoms with E-state index in [1.54, 1.807) is 0 Å². The van der Waals surface area contributed by atoms with Crippen molar-refractivity contribution in [1.29, 1.82) is 0 Å². The third-order valence-corrected chi connectivity index (χ3v) is 5.33. The smallest absolute Gasteiger partial charge is 0.327 e. The Kier molecular flexibility index (Phi) is 4.28. The van der Waals surface area contributed by atoms with E-state index in [0.29, 0.717) is 5.75 Å². The van der Waals surface area contributed by atoms with Gasteiger partial charge in [-0.2, -0.15) is 0 Å². The maximum atomic E-state index is 12.4. The van der Waals surface area contributed by atoms with Crippen LogP contribution in [0.5, 0.6) is 0 Å².